The van der Waals surface area contributed by atoms with Gasteiger partial charge in [-0.2, -0.15) is 0 Å². The quantitative estimate of drug-likeness (QED) is 0.604. The van der Waals surface area contributed by atoms with Gasteiger partial charge >= 0.3 is 0 Å². The van der Waals surface area contributed by atoms with Gasteiger partial charge in [0.15, 0.2) is 0 Å². The predicted molar refractivity (Wildman–Crippen MR) is 113 cm³/mol. The van der Waals surface area contributed by atoms with Crippen LogP contribution < -0.4 is 5.32 Å². The number of carbonyl (C=O) groups excluding carboxylic acids is 2. The highest BCUT2D eigenvalue weighted by atomic mass is 32.2. The molecule has 1 N–H and O–H groups in total. The fourth-order valence-corrected chi connectivity index (χ4v) is 4.82. The molecule has 0 bridgehead atoms. The van der Waals surface area contributed by atoms with E-state index in [4.69, 9.17) is 12.2 Å². The van der Waals surface area contributed by atoms with Crippen LogP contribution in [0, 0.1) is 20.8 Å². The first-order chi connectivity index (χ1) is 12.3. The zero-order valence-electron chi connectivity index (χ0n) is 14.7. The van der Waals surface area contributed by atoms with Gasteiger partial charge in [0, 0.05) is 10.6 Å². The van der Waals surface area contributed by atoms with Crippen LogP contribution in [0.1, 0.15) is 21.6 Å². The number of aryl methyl sites for hydroxylation is 3. The summed E-state index contributed by atoms with van der Waals surface area (Å²) in [4.78, 5) is 28.0. The Morgan fingerprint density at radius 2 is 1.96 bits per heavy atom. The first-order valence-corrected chi connectivity index (χ1v) is 10.1. The molecule has 0 unspecified atom stereocenters. The predicted octanol–water partition coefficient (Wildman–Crippen LogP) is 4.51. The number of hydrogen-bond acceptors (Lipinski definition) is 5. The van der Waals surface area contributed by atoms with E-state index in [2.05, 4.69) is 5.32 Å². The minimum absolute atomic E-state index is 0.0841. The van der Waals surface area contributed by atoms with Gasteiger partial charge in [0.25, 0.3) is 5.91 Å². The number of thioether (sulfide) groups is 1. The van der Waals surface area contributed by atoms with Gasteiger partial charge in [-0.25, -0.2) is 0 Å². The summed E-state index contributed by atoms with van der Waals surface area (Å²) in [7, 11) is 0. The van der Waals surface area contributed by atoms with Crippen LogP contribution in [-0.4, -0.2) is 27.6 Å². The van der Waals surface area contributed by atoms with E-state index < -0.39 is 0 Å². The van der Waals surface area contributed by atoms with Crippen molar-refractivity contribution >= 4 is 63.2 Å². The van der Waals surface area contributed by atoms with Crippen molar-refractivity contribution in [3.63, 3.8) is 0 Å². The summed E-state index contributed by atoms with van der Waals surface area (Å²) in [5.41, 5.74) is 3.94. The lowest BCUT2D eigenvalue weighted by Gasteiger charge is -2.16. The fourth-order valence-electron chi connectivity index (χ4n) is 2.84. The monoisotopic (exact) mass is 402 g/mol. The molecule has 1 aromatic heterocycles. The third-order valence-corrected chi connectivity index (χ3v) is 6.13. The van der Waals surface area contributed by atoms with E-state index in [0.717, 1.165) is 27.3 Å². The number of amides is 2. The van der Waals surface area contributed by atoms with Crippen LogP contribution in [0.25, 0.3) is 6.08 Å². The fraction of sp³-hybridized carbons (Fsp3) is 0.211. The maximum atomic E-state index is 12.6. The molecule has 0 spiro atoms. The van der Waals surface area contributed by atoms with E-state index in [9.17, 15) is 9.59 Å². The molecule has 0 saturated carbocycles. The molecule has 1 aromatic carbocycles. The molecule has 2 heterocycles. The number of thiocarbonyl (C=S) groups is 1. The van der Waals surface area contributed by atoms with E-state index >= 15 is 0 Å². The summed E-state index contributed by atoms with van der Waals surface area (Å²) >= 11 is 8.08. The third-order valence-electron chi connectivity index (χ3n) is 3.93. The van der Waals surface area contributed by atoms with Crippen molar-refractivity contribution < 1.29 is 9.59 Å². The smallest absolute Gasteiger partial charge is 0.266 e. The van der Waals surface area contributed by atoms with Crippen LogP contribution in [0.4, 0.5) is 5.69 Å². The standard InChI is InChI=1S/C19H18N2O2S3/c1-11-7-12(2)17(13(3)8-11)20-16(22)10-21-18(23)15(26-19(21)24)9-14-5-4-6-25-14/h4-9H,10H2,1-3H3,(H,20,22)/b15-9+. The van der Waals surface area contributed by atoms with Gasteiger partial charge in [-0.15, -0.1) is 11.3 Å². The van der Waals surface area contributed by atoms with Gasteiger partial charge < -0.3 is 5.32 Å². The molecule has 0 atom stereocenters. The Bertz CT molecular complexity index is 894. The normalized spacial score (nSPS) is 15.8. The maximum Gasteiger partial charge on any atom is 0.266 e. The zero-order valence-corrected chi connectivity index (χ0v) is 17.1. The van der Waals surface area contributed by atoms with Crippen LogP contribution in [0.2, 0.25) is 0 Å². The third kappa shape index (κ3) is 4.06. The molecule has 7 heteroatoms. The largest absolute Gasteiger partial charge is 0.324 e. The van der Waals surface area contributed by atoms with Gasteiger partial charge in [-0.05, 0) is 49.4 Å². The Hall–Kier alpha value is -1.96. The molecule has 1 aliphatic heterocycles. The number of nitrogens with one attached hydrogen (secondary N) is 1. The molecular formula is C19H18N2O2S3. The second kappa shape index (κ2) is 7.73. The highest BCUT2D eigenvalue weighted by molar-refractivity contribution is 8.26. The second-order valence-electron chi connectivity index (χ2n) is 6.11. The van der Waals surface area contributed by atoms with Crippen molar-refractivity contribution in [2.24, 2.45) is 0 Å². The first-order valence-electron chi connectivity index (χ1n) is 8.01. The second-order valence-corrected chi connectivity index (χ2v) is 8.76. The summed E-state index contributed by atoms with van der Waals surface area (Å²) < 4.78 is 0.408. The van der Waals surface area contributed by atoms with Crippen LogP contribution in [-0.2, 0) is 9.59 Å². The average Bonchev–Trinajstić information content (AvgIpc) is 3.15. The highest BCUT2D eigenvalue weighted by Gasteiger charge is 2.33. The van der Waals surface area contributed by atoms with Gasteiger partial charge in [-0.1, -0.05) is 47.7 Å². The van der Waals surface area contributed by atoms with Crippen molar-refractivity contribution in [3.8, 4) is 0 Å². The Balaban J connectivity index is 1.72. The topological polar surface area (TPSA) is 49.4 Å². The Kier molecular flexibility index (Phi) is 5.60. The molecule has 0 radical (unpaired) electrons. The zero-order chi connectivity index (χ0) is 18.8. The molecule has 1 aliphatic rings. The number of benzene rings is 1. The van der Waals surface area contributed by atoms with Crippen molar-refractivity contribution in [2.45, 2.75) is 20.8 Å². The molecule has 1 fully saturated rings. The number of thiophene rings is 1. The van der Waals surface area contributed by atoms with Crippen LogP contribution in [0.5, 0.6) is 0 Å². The van der Waals surface area contributed by atoms with Gasteiger partial charge in [0.1, 0.15) is 10.9 Å². The first kappa shape index (κ1) is 18.8. The minimum atomic E-state index is -0.256. The van der Waals surface area contributed by atoms with E-state index in [1.54, 1.807) is 11.3 Å². The van der Waals surface area contributed by atoms with E-state index in [-0.39, 0.29) is 18.4 Å². The van der Waals surface area contributed by atoms with E-state index in [1.165, 1.54) is 16.7 Å². The Labute approximate surface area is 166 Å². The van der Waals surface area contributed by atoms with Crippen molar-refractivity contribution in [3.05, 3.63) is 56.1 Å². The van der Waals surface area contributed by atoms with Crippen LogP contribution >= 0.6 is 35.3 Å². The van der Waals surface area contributed by atoms with Gasteiger partial charge in [-0.3, -0.25) is 14.5 Å². The summed E-state index contributed by atoms with van der Waals surface area (Å²) in [5.74, 6) is -0.477. The number of carbonyl (C=O) groups is 2. The molecule has 1 saturated heterocycles. The van der Waals surface area contributed by atoms with Crippen LogP contribution in [0.3, 0.4) is 0 Å². The Morgan fingerprint density at radius 1 is 1.27 bits per heavy atom. The lowest BCUT2D eigenvalue weighted by molar-refractivity contribution is -0.126. The number of hydrogen-bond donors (Lipinski definition) is 1. The summed E-state index contributed by atoms with van der Waals surface area (Å²) in [5, 5.41) is 4.87. The summed E-state index contributed by atoms with van der Waals surface area (Å²) in [6.07, 6.45) is 1.82. The minimum Gasteiger partial charge on any atom is -0.324 e. The van der Waals surface area contributed by atoms with Gasteiger partial charge in [0.05, 0.1) is 4.91 Å². The number of rotatable bonds is 4. The number of anilines is 1. The van der Waals surface area contributed by atoms with Crippen molar-refractivity contribution in [2.75, 3.05) is 11.9 Å². The molecule has 2 amide bonds. The molecule has 26 heavy (non-hydrogen) atoms. The molecule has 134 valence electrons. The molecule has 3 rings (SSSR count). The molecule has 0 aliphatic carbocycles. The number of nitrogens with zero attached hydrogens (tertiary/aromatic N) is 1. The van der Waals surface area contributed by atoms with E-state index in [1.807, 2.05) is 56.5 Å². The molecule has 2 aromatic rings. The lowest BCUT2D eigenvalue weighted by Crippen LogP contribution is -2.36. The van der Waals surface area contributed by atoms with Crippen molar-refractivity contribution in [1.82, 2.24) is 4.90 Å². The SMILES string of the molecule is Cc1cc(C)c(NC(=O)CN2C(=O)/C(=C\c3cccs3)SC2=S)c(C)c1. The van der Waals surface area contributed by atoms with Crippen molar-refractivity contribution in [1.29, 1.82) is 0 Å². The van der Waals surface area contributed by atoms with Crippen LogP contribution in [0.15, 0.2) is 34.6 Å². The maximum absolute atomic E-state index is 12.6. The summed E-state index contributed by atoms with van der Waals surface area (Å²) in [6, 6.07) is 7.90. The van der Waals surface area contributed by atoms with Gasteiger partial charge in [0.2, 0.25) is 5.91 Å². The summed E-state index contributed by atoms with van der Waals surface area (Å²) in [6.45, 7) is 5.85. The Morgan fingerprint density at radius 3 is 2.58 bits per heavy atom. The lowest BCUT2D eigenvalue weighted by atomic mass is 10.1. The molecular weight excluding hydrogens is 384 g/mol. The highest BCUT2D eigenvalue weighted by Crippen LogP contribution is 2.33. The van der Waals surface area contributed by atoms with E-state index in [0.29, 0.717) is 9.23 Å². The average molecular weight is 403 g/mol. The molecule has 4 nitrogen and oxygen atoms in total.